The van der Waals surface area contributed by atoms with Crippen LogP contribution < -0.4 is 15.4 Å². The van der Waals surface area contributed by atoms with Gasteiger partial charge in [-0.25, -0.2) is 4.98 Å². The molecule has 5 nitrogen and oxygen atoms in total. The Hall–Kier alpha value is -1.99. The average Bonchev–Trinajstić information content (AvgIpc) is 2.92. The van der Waals surface area contributed by atoms with Crippen molar-refractivity contribution in [1.29, 1.82) is 0 Å². The minimum Gasteiger partial charge on any atom is -0.493 e. The SMILES string of the molecule is CCOc1ccccc1C(=O)NC(=S)Nc1nccs1. The first-order valence-electron chi connectivity index (χ1n) is 5.94. The van der Waals surface area contributed by atoms with Crippen molar-refractivity contribution >= 4 is 39.7 Å². The quantitative estimate of drug-likeness (QED) is 0.850. The predicted octanol–water partition coefficient (Wildman–Crippen LogP) is 2.67. The molecule has 1 amide bonds. The molecule has 0 bridgehead atoms. The van der Waals surface area contributed by atoms with E-state index in [9.17, 15) is 4.79 Å². The van der Waals surface area contributed by atoms with E-state index in [2.05, 4.69) is 15.6 Å². The van der Waals surface area contributed by atoms with Crippen LogP contribution in [0.4, 0.5) is 5.13 Å². The Bertz CT molecular complexity index is 599. The molecule has 0 aliphatic carbocycles. The van der Waals surface area contributed by atoms with Gasteiger partial charge in [0.2, 0.25) is 0 Å². The van der Waals surface area contributed by atoms with Gasteiger partial charge in [0.05, 0.1) is 12.2 Å². The summed E-state index contributed by atoms with van der Waals surface area (Å²) in [5, 5.41) is 8.10. The van der Waals surface area contributed by atoms with Crippen LogP contribution in [0.25, 0.3) is 0 Å². The number of nitrogens with zero attached hydrogens (tertiary/aromatic N) is 1. The van der Waals surface area contributed by atoms with Crippen LogP contribution in [-0.2, 0) is 0 Å². The number of anilines is 1. The first-order valence-corrected chi connectivity index (χ1v) is 7.23. The minimum atomic E-state index is -0.317. The summed E-state index contributed by atoms with van der Waals surface area (Å²) >= 11 is 6.47. The molecule has 0 aliphatic heterocycles. The van der Waals surface area contributed by atoms with Gasteiger partial charge in [0.25, 0.3) is 5.91 Å². The van der Waals surface area contributed by atoms with Crippen LogP contribution >= 0.6 is 23.6 Å². The van der Waals surface area contributed by atoms with Crippen LogP contribution in [0.1, 0.15) is 17.3 Å². The van der Waals surface area contributed by atoms with Crippen molar-refractivity contribution in [3.05, 3.63) is 41.4 Å². The molecular weight excluding hydrogens is 294 g/mol. The Labute approximate surface area is 126 Å². The number of thiocarbonyl (C=S) groups is 1. The van der Waals surface area contributed by atoms with Crippen molar-refractivity contribution in [2.24, 2.45) is 0 Å². The zero-order chi connectivity index (χ0) is 14.4. The molecule has 1 aromatic carbocycles. The van der Waals surface area contributed by atoms with E-state index >= 15 is 0 Å². The molecule has 0 fully saturated rings. The molecule has 1 heterocycles. The van der Waals surface area contributed by atoms with E-state index in [1.54, 1.807) is 24.4 Å². The van der Waals surface area contributed by atoms with Crippen LogP contribution in [0.15, 0.2) is 35.8 Å². The van der Waals surface area contributed by atoms with Gasteiger partial charge in [-0.1, -0.05) is 12.1 Å². The van der Waals surface area contributed by atoms with E-state index in [1.807, 2.05) is 18.4 Å². The maximum atomic E-state index is 12.1. The zero-order valence-electron chi connectivity index (χ0n) is 10.8. The number of carbonyl (C=O) groups excluding carboxylic acids is 1. The summed E-state index contributed by atoms with van der Waals surface area (Å²) in [7, 11) is 0. The fourth-order valence-electron chi connectivity index (χ4n) is 1.52. The molecule has 2 N–H and O–H groups in total. The number of hydrogen-bond acceptors (Lipinski definition) is 5. The molecule has 2 aromatic rings. The van der Waals surface area contributed by atoms with Crippen molar-refractivity contribution < 1.29 is 9.53 Å². The molecule has 1 aromatic heterocycles. The van der Waals surface area contributed by atoms with Crippen molar-refractivity contribution in [3.63, 3.8) is 0 Å². The number of aromatic nitrogens is 1. The summed E-state index contributed by atoms with van der Waals surface area (Å²) in [5.41, 5.74) is 0.442. The van der Waals surface area contributed by atoms with Crippen LogP contribution in [0, 0.1) is 0 Å². The molecule has 0 spiro atoms. The minimum absolute atomic E-state index is 0.205. The summed E-state index contributed by atoms with van der Waals surface area (Å²) in [6.07, 6.45) is 1.65. The summed E-state index contributed by atoms with van der Waals surface area (Å²) in [6.45, 7) is 2.36. The van der Waals surface area contributed by atoms with Gasteiger partial charge in [-0.15, -0.1) is 11.3 Å². The molecular formula is C13H13N3O2S2. The van der Waals surface area contributed by atoms with E-state index in [-0.39, 0.29) is 11.0 Å². The van der Waals surface area contributed by atoms with E-state index in [0.717, 1.165) is 0 Å². The highest BCUT2D eigenvalue weighted by Gasteiger charge is 2.13. The third-order valence-corrected chi connectivity index (χ3v) is 3.20. The Kier molecular flexibility index (Phi) is 5.03. The maximum Gasteiger partial charge on any atom is 0.261 e. The Morgan fingerprint density at radius 3 is 2.95 bits per heavy atom. The lowest BCUT2D eigenvalue weighted by Crippen LogP contribution is -2.34. The second-order valence-corrected chi connectivity index (χ2v) is 4.98. The van der Waals surface area contributed by atoms with E-state index in [4.69, 9.17) is 17.0 Å². The van der Waals surface area contributed by atoms with Crippen molar-refractivity contribution in [2.45, 2.75) is 6.92 Å². The second-order valence-electron chi connectivity index (χ2n) is 3.67. The highest BCUT2D eigenvalue weighted by atomic mass is 32.1. The lowest BCUT2D eigenvalue weighted by molar-refractivity contribution is 0.0974. The monoisotopic (exact) mass is 307 g/mol. The smallest absolute Gasteiger partial charge is 0.261 e. The number of para-hydroxylation sites is 1. The fourth-order valence-corrected chi connectivity index (χ4v) is 2.31. The molecule has 0 unspecified atom stereocenters. The van der Waals surface area contributed by atoms with Gasteiger partial charge in [-0.05, 0) is 31.3 Å². The number of rotatable bonds is 4. The summed E-state index contributed by atoms with van der Waals surface area (Å²) in [6, 6.07) is 7.02. The Morgan fingerprint density at radius 2 is 2.25 bits per heavy atom. The fraction of sp³-hybridized carbons (Fsp3) is 0.154. The third-order valence-electron chi connectivity index (χ3n) is 2.31. The summed E-state index contributed by atoms with van der Waals surface area (Å²) in [4.78, 5) is 16.2. The number of hydrogen-bond donors (Lipinski definition) is 2. The van der Waals surface area contributed by atoms with Gasteiger partial charge in [-0.2, -0.15) is 0 Å². The number of carbonyl (C=O) groups is 1. The number of ether oxygens (including phenoxy) is 1. The van der Waals surface area contributed by atoms with Crippen LogP contribution in [0.3, 0.4) is 0 Å². The molecule has 7 heteroatoms. The average molecular weight is 307 g/mol. The number of benzene rings is 1. The Balaban J connectivity index is 2.02. The third kappa shape index (κ3) is 3.75. The van der Waals surface area contributed by atoms with Gasteiger partial charge in [-0.3, -0.25) is 10.1 Å². The van der Waals surface area contributed by atoms with Crippen molar-refractivity contribution in [1.82, 2.24) is 10.3 Å². The van der Waals surface area contributed by atoms with E-state index in [1.165, 1.54) is 11.3 Å². The van der Waals surface area contributed by atoms with Gasteiger partial charge in [0.15, 0.2) is 10.2 Å². The van der Waals surface area contributed by atoms with Gasteiger partial charge in [0.1, 0.15) is 5.75 Å². The Morgan fingerprint density at radius 1 is 1.45 bits per heavy atom. The topological polar surface area (TPSA) is 63.2 Å². The van der Waals surface area contributed by atoms with Gasteiger partial charge >= 0.3 is 0 Å². The van der Waals surface area contributed by atoms with E-state index < -0.39 is 0 Å². The highest BCUT2D eigenvalue weighted by Crippen LogP contribution is 2.17. The van der Waals surface area contributed by atoms with Crippen molar-refractivity contribution in [2.75, 3.05) is 11.9 Å². The van der Waals surface area contributed by atoms with Crippen molar-refractivity contribution in [3.8, 4) is 5.75 Å². The molecule has 104 valence electrons. The summed E-state index contributed by atoms with van der Waals surface area (Å²) in [5.74, 6) is 0.215. The number of thiazole rings is 1. The molecule has 0 atom stereocenters. The molecule has 20 heavy (non-hydrogen) atoms. The zero-order valence-corrected chi connectivity index (χ0v) is 12.4. The molecule has 0 aliphatic rings. The van der Waals surface area contributed by atoms with Crippen LogP contribution in [0.2, 0.25) is 0 Å². The van der Waals surface area contributed by atoms with Crippen LogP contribution in [0.5, 0.6) is 5.75 Å². The van der Waals surface area contributed by atoms with Gasteiger partial charge in [0, 0.05) is 11.6 Å². The first-order chi connectivity index (χ1) is 9.70. The summed E-state index contributed by atoms with van der Waals surface area (Å²) < 4.78 is 5.41. The van der Waals surface area contributed by atoms with E-state index in [0.29, 0.717) is 23.1 Å². The first kappa shape index (κ1) is 14.4. The highest BCUT2D eigenvalue weighted by molar-refractivity contribution is 7.80. The molecule has 0 saturated carbocycles. The molecule has 0 radical (unpaired) electrons. The lowest BCUT2D eigenvalue weighted by atomic mass is 10.2. The molecule has 2 rings (SSSR count). The largest absolute Gasteiger partial charge is 0.493 e. The number of amides is 1. The lowest BCUT2D eigenvalue weighted by Gasteiger charge is -2.11. The standard InChI is InChI=1S/C13H13N3O2S2/c1-2-18-10-6-4-3-5-9(10)11(17)15-12(19)16-13-14-7-8-20-13/h3-8H,2H2,1H3,(H2,14,15,16,17,19). The second kappa shape index (κ2) is 6.97. The van der Waals surface area contributed by atoms with Crippen LogP contribution in [-0.4, -0.2) is 22.6 Å². The van der Waals surface area contributed by atoms with Gasteiger partial charge < -0.3 is 10.1 Å². The predicted molar refractivity (Wildman–Crippen MR) is 83.4 cm³/mol. The maximum absolute atomic E-state index is 12.1. The molecule has 0 saturated heterocycles. The number of nitrogens with one attached hydrogen (secondary N) is 2. The normalized spacial score (nSPS) is 9.85.